The number of ether oxygens (including phenoxy) is 3. The molecule has 0 bridgehead atoms. The van der Waals surface area contributed by atoms with Crippen molar-refractivity contribution in [2.24, 2.45) is 0 Å². The Morgan fingerprint density at radius 3 is 2.47 bits per heavy atom. The van der Waals surface area contributed by atoms with E-state index in [2.05, 4.69) is 0 Å². The second-order valence-corrected chi connectivity index (χ2v) is 6.46. The third-order valence-corrected chi connectivity index (χ3v) is 4.41. The predicted molar refractivity (Wildman–Crippen MR) is 111 cm³/mol. The minimum absolute atomic E-state index is 0.0135. The lowest BCUT2D eigenvalue weighted by Gasteiger charge is -2.09. The summed E-state index contributed by atoms with van der Waals surface area (Å²) in [7, 11) is 1.48. The Morgan fingerprint density at radius 2 is 1.67 bits per heavy atom. The van der Waals surface area contributed by atoms with E-state index in [0.29, 0.717) is 22.6 Å². The first-order valence-corrected chi connectivity index (χ1v) is 9.24. The molecule has 0 saturated heterocycles. The molecule has 0 unspecified atom stereocenters. The van der Waals surface area contributed by atoms with Gasteiger partial charge in [-0.1, -0.05) is 42.5 Å². The SMILES string of the molecule is COc1cccc2cc(C(=O)OCc3cccc(Oc4ccccc4)c3)c(=O)oc12. The lowest BCUT2D eigenvalue weighted by Crippen LogP contribution is -2.16. The number of carbonyl (C=O) groups is 1. The maximum absolute atomic E-state index is 12.5. The van der Waals surface area contributed by atoms with E-state index in [-0.39, 0.29) is 17.8 Å². The number of rotatable bonds is 6. The van der Waals surface area contributed by atoms with Crippen molar-refractivity contribution in [3.05, 3.63) is 100 Å². The maximum atomic E-state index is 12.5. The minimum Gasteiger partial charge on any atom is -0.493 e. The van der Waals surface area contributed by atoms with Crippen LogP contribution in [0.25, 0.3) is 11.0 Å². The van der Waals surface area contributed by atoms with Gasteiger partial charge < -0.3 is 18.6 Å². The molecule has 4 rings (SSSR count). The van der Waals surface area contributed by atoms with Gasteiger partial charge in [-0.2, -0.15) is 0 Å². The summed E-state index contributed by atoms with van der Waals surface area (Å²) in [5.74, 6) is 0.977. The lowest BCUT2D eigenvalue weighted by atomic mass is 10.1. The molecule has 0 aliphatic heterocycles. The Balaban J connectivity index is 1.49. The number of para-hydroxylation sites is 2. The van der Waals surface area contributed by atoms with E-state index < -0.39 is 11.6 Å². The number of hydrogen-bond acceptors (Lipinski definition) is 6. The van der Waals surface area contributed by atoms with Gasteiger partial charge in [0.05, 0.1) is 7.11 Å². The molecule has 150 valence electrons. The molecule has 0 aliphatic carbocycles. The van der Waals surface area contributed by atoms with E-state index in [9.17, 15) is 9.59 Å². The van der Waals surface area contributed by atoms with Crippen LogP contribution in [0.15, 0.2) is 88.1 Å². The molecular weight excluding hydrogens is 384 g/mol. The van der Waals surface area contributed by atoms with Gasteiger partial charge in [-0.25, -0.2) is 9.59 Å². The summed E-state index contributed by atoms with van der Waals surface area (Å²) in [5, 5.41) is 0.569. The monoisotopic (exact) mass is 402 g/mol. The molecule has 0 N–H and O–H groups in total. The van der Waals surface area contributed by atoms with Crippen molar-refractivity contribution in [1.29, 1.82) is 0 Å². The summed E-state index contributed by atoms with van der Waals surface area (Å²) in [6.45, 7) is -0.0135. The number of esters is 1. The zero-order valence-corrected chi connectivity index (χ0v) is 16.2. The average molecular weight is 402 g/mol. The van der Waals surface area contributed by atoms with Gasteiger partial charge in [0, 0.05) is 5.39 Å². The minimum atomic E-state index is -0.779. The molecule has 6 heteroatoms. The molecule has 4 aromatic rings. The van der Waals surface area contributed by atoms with Crippen LogP contribution in [0, 0.1) is 0 Å². The Hall–Kier alpha value is -4.06. The zero-order chi connectivity index (χ0) is 20.9. The van der Waals surface area contributed by atoms with E-state index >= 15 is 0 Å². The normalized spacial score (nSPS) is 10.6. The van der Waals surface area contributed by atoms with Gasteiger partial charge in [0.25, 0.3) is 0 Å². The molecule has 0 spiro atoms. The van der Waals surface area contributed by atoms with Crippen molar-refractivity contribution < 1.29 is 23.4 Å². The van der Waals surface area contributed by atoms with E-state index in [4.69, 9.17) is 18.6 Å². The lowest BCUT2D eigenvalue weighted by molar-refractivity contribution is 0.0467. The van der Waals surface area contributed by atoms with Crippen LogP contribution in [0.4, 0.5) is 0 Å². The molecule has 0 aliphatic rings. The summed E-state index contributed by atoms with van der Waals surface area (Å²) in [6.07, 6.45) is 0. The van der Waals surface area contributed by atoms with E-state index in [0.717, 1.165) is 5.56 Å². The van der Waals surface area contributed by atoms with E-state index in [1.165, 1.54) is 13.2 Å². The van der Waals surface area contributed by atoms with Crippen LogP contribution in [-0.4, -0.2) is 13.1 Å². The second-order valence-electron chi connectivity index (χ2n) is 6.46. The van der Waals surface area contributed by atoms with Crippen LogP contribution in [0.3, 0.4) is 0 Å². The highest BCUT2D eigenvalue weighted by atomic mass is 16.5. The average Bonchev–Trinajstić information content (AvgIpc) is 2.77. The highest BCUT2D eigenvalue weighted by molar-refractivity contribution is 5.94. The fourth-order valence-corrected chi connectivity index (χ4v) is 2.97. The van der Waals surface area contributed by atoms with Gasteiger partial charge in [0.15, 0.2) is 11.3 Å². The third kappa shape index (κ3) is 4.17. The molecule has 0 fully saturated rings. The molecule has 6 nitrogen and oxygen atoms in total. The van der Waals surface area contributed by atoms with Crippen molar-refractivity contribution in [3.8, 4) is 17.2 Å². The van der Waals surface area contributed by atoms with Crippen LogP contribution < -0.4 is 15.1 Å². The van der Waals surface area contributed by atoms with E-state index in [1.807, 2.05) is 36.4 Å². The molecule has 3 aromatic carbocycles. The Kier molecular flexibility index (Phi) is 5.48. The molecule has 1 heterocycles. The van der Waals surface area contributed by atoms with Crippen LogP contribution in [-0.2, 0) is 11.3 Å². The number of methoxy groups -OCH3 is 1. The smallest absolute Gasteiger partial charge is 0.351 e. The standard InChI is InChI=1S/C24H18O6/c1-27-21-12-6-8-17-14-20(24(26)30-22(17)21)23(25)28-15-16-7-5-11-19(13-16)29-18-9-3-2-4-10-18/h2-14H,15H2,1H3. The summed E-state index contributed by atoms with van der Waals surface area (Å²) >= 11 is 0. The van der Waals surface area contributed by atoms with Gasteiger partial charge in [-0.05, 0) is 42.0 Å². The molecule has 0 atom stereocenters. The Labute approximate surface area is 172 Å². The summed E-state index contributed by atoms with van der Waals surface area (Å²) < 4.78 is 21.6. The first-order chi connectivity index (χ1) is 14.6. The van der Waals surface area contributed by atoms with Crippen LogP contribution >= 0.6 is 0 Å². The predicted octanol–water partition coefficient (Wildman–Crippen LogP) is 4.95. The number of carbonyl (C=O) groups excluding carboxylic acids is 1. The topological polar surface area (TPSA) is 75.0 Å². The van der Waals surface area contributed by atoms with Crippen molar-refractivity contribution in [3.63, 3.8) is 0 Å². The van der Waals surface area contributed by atoms with E-state index in [1.54, 1.807) is 36.4 Å². The highest BCUT2D eigenvalue weighted by Crippen LogP contribution is 2.25. The molecule has 30 heavy (non-hydrogen) atoms. The Bertz CT molecular complexity index is 1240. The van der Waals surface area contributed by atoms with Crippen molar-refractivity contribution in [2.75, 3.05) is 7.11 Å². The number of benzene rings is 3. The van der Waals surface area contributed by atoms with Gasteiger partial charge in [0.1, 0.15) is 23.7 Å². The van der Waals surface area contributed by atoms with Crippen molar-refractivity contribution in [2.45, 2.75) is 6.61 Å². The third-order valence-electron chi connectivity index (χ3n) is 4.41. The summed E-state index contributed by atoms with van der Waals surface area (Å²) in [4.78, 5) is 24.7. The molecular formula is C24H18O6. The van der Waals surface area contributed by atoms with Crippen LogP contribution in [0.2, 0.25) is 0 Å². The molecule has 0 amide bonds. The Morgan fingerprint density at radius 1 is 0.900 bits per heavy atom. The number of hydrogen-bond donors (Lipinski definition) is 0. The highest BCUT2D eigenvalue weighted by Gasteiger charge is 2.17. The fraction of sp³-hybridized carbons (Fsp3) is 0.0833. The van der Waals surface area contributed by atoms with Gasteiger partial charge in [-0.15, -0.1) is 0 Å². The summed E-state index contributed by atoms with van der Waals surface area (Å²) in [5.41, 5.74) is 0.0570. The quantitative estimate of drug-likeness (QED) is 0.336. The zero-order valence-electron chi connectivity index (χ0n) is 16.2. The largest absolute Gasteiger partial charge is 0.493 e. The maximum Gasteiger partial charge on any atom is 0.351 e. The van der Waals surface area contributed by atoms with Gasteiger partial charge in [-0.3, -0.25) is 0 Å². The first kappa shape index (κ1) is 19.3. The van der Waals surface area contributed by atoms with Crippen molar-refractivity contribution in [1.82, 2.24) is 0 Å². The molecule has 0 radical (unpaired) electrons. The number of fused-ring (bicyclic) bond motifs is 1. The van der Waals surface area contributed by atoms with Crippen molar-refractivity contribution >= 4 is 16.9 Å². The van der Waals surface area contributed by atoms with Gasteiger partial charge >= 0.3 is 11.6 Å². The molecule has 0 saturated carbocycles. The second kappa shape index (κ2) is 8.53. The molecule has 1 aromatic heterocycles. The van der Waals surface area contributed by atoms with Gasteiger partial charge in [0.2, 0.25) is 0 Å². The van der Waals surface area contributed by atoms with Crippen LogP contribution in [0.1, 0.15) is 15.9 Å². The first-order valence-electron chi connectivity index (χ1n) is 9.24. The summed E-state index contributed by atoms with van der Waals surface area (Å²) in [6, 6.07) is 23.1. The van der Waals surface area contributed by atoms with Crippen LogP contribution in [0.5, 0.6) is 17.2 Å². The fourth-order valence-electron chi connectivity index (χ4n) is 2.97.